The Bertz CT molecular complexity index is 738. The van der Waals surface area contributed by atoms with Crippen LogP contribution in [0.25, 0.3) is 0 Å². The smallest absolute Gasteiger partial charge is 0.311 e. The zero-order chi connectivity index (χ0) is 22.9. The molecule has 2 rings (SSSR count). The number of hydrogen-bond donors (Lipinski definition) is 0. The van der Waals surface area contributed by atoms with Gasteiger partial charge in [0.1, 0.15) is 6.10 Å². The van der Waals surface area contributed by atoms with Crippen LogP contribution in [-0.2, 0) is 23.8 Å². The van der Waals surface area contributed by atoms with E-state index >= 15 is 0 Å². The second-order valence-electron chi connectivity index (χ2n) is 8.91. The van der Waals surface area contributed by atoms with Gasteiger partial charge in [-0.1, -0.05) is 43.0 Å². The molecular weight excluding hydrogens is 412 g/mol. The summed E-state index contributed by atoms with van der Waals surface area (Å²) in [6.45, 7) is 9.43. The highest BCUT2D eigenvalue weighted by Gasteiger charge is 2.29. The molecule has 0 unspecified atom stereocenters. The van der Waals surface area contributed by atoms with E-state index in [1.54, 1.807) is 11.8 Å². The Morgan fingerprint density at radius 1 is 1.19 bits per heavy atom. The Morgan fingerprint density at radius 3 is 2.52 bits per heavy atom. The summed E-state index contributed by atoms with van der Waals surface area (Å²) in [4.78, 5) is 26.0. The van der Waals surface area contributed by atoms with Crippen LogP contribution in [0.15, 0.2) is 46.2 Å². The first-order valence-electron chi connectivity index (χ1n) is 11.1. The number of carbonyl (C=O) groups excluding carboxylic acids is 2. The lowest BCUT2D eigenvalue weighted by Crippen LogP contribution is -2.37. The number of carbonyl (C=O) groups is 2. The molecule has 0 aliphatic carbocycles. The molecule has 31 heavy (non-hydrogen) atoms. The maximum Gasteiger partial charge on any atom is 0.311 e. The third kappa shape index (κ3) is 9.08. The third-order valence-corrected chi connectivity index (χ3v) is 6.12. The van der Waals surface area contributed by atoms with E-state index in [0.29, 0.717) is 13.0 Å². The molecule has 0 fully saturated rings. The van der Waals surface area contributed by atoms with Gasteiger partial charge in [-0.05, 0) is 57.1 Å². The highest BCUT2D eigenvalue weighted by molar-refractivity contribution is 8.03. The van der Waals surface area contributed by atoms with Crippen molar-refractivity contribution >= 4 is 23.7 Å². The van der Waals surface area contributed by atoms with Gasteiger partial charge < -0.3 is 14.2 Å². The Kier molecular flexibility index (Phi) is 10.1. The van der Waals surface area contributed by atoms with Crippen LogP contribution < -0.4 is 0 Å². The predicted molar refractivity (Wildman–Crippen MR) is 124 cm³/mol. The van der Waals surface area contributed by atoms with Crippen LogP contribution in [0.2, 0.25) is 0 Å². The number of thioether (sulfide) groups is 1. The molecule has 0 bridgehead atoms. The fourth-order valence-electron chi connectivity index (χ4n) is 3.37. The van der Waals surface area contributed by atoms with Crippen molar-refractivity contribution in [2.75, 3.05) is 6.61 Å². The molecule has 1 aromatic carbocycles. The molecule has 0 radical (unpaired) electrons. The SMILES string of the molecule is CC[C@H]1O[C@@H](CCCOC(=O)C(C)(C)C)C/C(Sc2ccccc2)=C\C[C@H]1OC(C)=O. The van der Waals surface area contributed by atoms with E-state index in [1.165, 1.54) is 16.7 Å². The molecule has 6 heteroatoms. The van der Waals surface area contributed by atoms with E-state index in [9.17, 15) is 9.59 Å². The van der Waals surface area contributed by atoms with Crippen molar-refractivity contribution in [2.24, 2.45) is 5.41 Å². The van der Waals surface area contributed by atoms with Gasteiger partial charge in [0.05, 0.1) is 24.2 Å². The van der Waals surface area contributed by atoms with Crippen molar-refractivity contribution in [1.82, 2.24) is 0 Å². The van der Waals surface area contributed by atoms with Gasteiger partial charge in [-0.2, -0.15) is 0 Å². The Balaban J connectivity index is 2.07. The Morgan fingerprint density at radius 2 is 1.90 bits per heavy atom. The maximum absolute atomic E-state index is 12.0. The summed E-state index contributed by atoms with van der Waals surface area (Å²) in [6, 6.07) is 10.2. The van der Waals surface area contributed by atoms with Crippen LogP contribution in [-0.4, -0.2) is 36.9 Å². The van der Waals surface area contributed by atoms with E-state index in [4.69, 9.17) is 14.2 Å². The first-order chi connectivity index (χ1) is 14.7. The van der Waals surface area contributed by atoms with E-state index < -0.39 is 5.41 Å². The van der Waals surface area contributed by atoms with Crippen LogP contribution in [0.1, 0.15) is 66.7 Å². The molecule has 3 atom stereocenters. The van der Waals surface area contributed by atoms with Crippen molar-refractivity contribution in [3.05, 3.63) is 41.3 Å². The maximum atomic E-state index is 12.0. The first-order valence-corrected chi connectivity index (χ1v) is 11.9. The zero-order valence-electron chi connectivity index (χ0n) is 19.4. The fraction of sp³-hybridized carbons (Fsp3) is 0.600. The minimum Gasteiger partial charge on any atom is -0.465 e. The minimum absolute atomic E-state index is 0.0286. The molecule has 1 heterocycles. The molecule has 1 aliphatic heterocycles. The summed E-state index contributed by atoms with van der Waals surface area (Å²) in [7, 11) is 0. The number of benzene rings is 1. The molecule has 1 aliphatic rings. The average molecular weight is 449 g/mol. The van der Waals surface area contributed by atoms with Crippen LogP contribution in [0.5, 0.6) is 0 Å². The summed E-state index contributed by atoms with van der Waals surface area (Å²) in [5, 5.41) is 0. The number of esters is 2. The number of rotatable bonds is 8. The molecule has 0 amide bonds. The fourth-order valence-corrected chi connectivity index (χ4v) is 4.42. The van der Waals surface area contributed by atoms with Gasteiger partial charge >= 0.3 is 11.9 Å². The standard InChI is InChI=1S/C25H36O5S/c1-6-22-23(29-18(2)26)15-14-21(31-20-12-8-7-9-13-20)17-19(30-22)11-10-16-28-24(27)25(3,4)5/h7-9,12-14,19,22-23H,6,10-11,15-17H2,1-5H3/b21-14+/t19-,22+,23+/m0/s1. The molecule has 172 valence electrons. The van der Waals surface area contributed by atoms with Crippen LogP contribution >= 0.6 is 11.8 Å². The van der Waals surface area contributed by atoms with Crippen LogP contribution in [0.3, 0.4) is 0 Å². The lowest BCUT2D eigenvalue weighted by Gasteiger charge is -2.32. The average Bonchev–Trinajstić information content (AvgIpc) is 2.70. The molecule has 1 aromatic rings. The minimum atomic E-state index is -0.497. The van der Waals surface area contributed by atoms with Crippen molar-refractivity contribution < 1.29 is 23.8 Å². The van der Waals surface area contributed by atoms with Gasteiger partial charge in [-0.25, -0.2) is 0 Å². The molecule has 5 nitrogen and oxygen atoms in total. The van der Waals surface area contributed by atoms with E-state index in [0.717, 1.165) is 25.7 Å². The molecule has 0 saturated carbocycles. The van der Waals surface area contributed by atoms with Gasteiger partial charge in [0.15, 0.2) is 0 Å². The normalized spacial score (nSPS) is 23.8. The topological polar surface area (TPSA) is 61.8 Å². The lowest BCUT2D eigenvalue weighted by molar-refractivity contribution is -0.159. The summed E-state index contributed by atoms with van der Waals surface area (Å²) in [6.07, 6.45) is 5.41. The number of ether oxygens (including phenoxy) is 3. The Labute approximate surface area is 190 Å². The quantitative estimate of drug-likeness (QED) is 0.363. The summed E-state index contributed by atoms with van der Waals surface area (Å²) < 4.78 is 17.4. The van der Waals surface area contributed by atoms with Crippen molar-refractivity contribution in [3.8, 4) is 0 Å². The van der Waals surface area contributed by atoms with E-state index in [1.807, 2.05) is 45.9 Å². The molecule has 0 N–H and O–H groups in total. The second kappa shape index (κ2) is 12.3. The molecule has 0 spiro atoms. The number of hydrogen-bond acceptors (Lipinski definition) is 6. The van der Waals surface area contributed by atoms with Gasteiger partial charge in [-0.3, -0.25) is 9.59 Å². The molecular formula is C25H36O5S. The second-order valence-corrected chi connectivity index (χ2v) is 10.1. The summed E-state index contributed by atoms with van der Waals surface area (Å²) in [5.74, 6) is -0.475. The predicted octanol–water partition coefficient (Wildman–Crippen LogP) is 5.92. The lowest BCUT2D eigenvalue weighted by atomic mass is 9.97. The summed E-state index contributed by atoms with van der Waals surface area (Å²) >= 11 is 1.72. The monoisotopic (exact) mass is 448 g/mol. The largest absolute Gasteiger partial charge is 0.465 e. The summed E-state index contributed by atoms with van der Waals surface area (Å²) in [5.41, 5.74) is -0.497. The van der Waals surface area contributed by atoms with Gasteiger partial charge in [-0.15, -0.1) is 0 Å². The highest BCUT2D eigenvalue weighted by Crippen LogP contribution is 2.34. The van der Waals surface area contributed by atoms with Gasteiger partial charge in [0, 0.05) is 24.7 Å². The third-order valence-electron chi connectivity index (χ3n) is 5.02. The Hall–Kier alpha value is -1.79. The molecule has 0 aromatic heterocycles. The van der Waals surface area contributed by atoms with Crippen molar-refractivity contribution in [1.29, 1.82) is 0 Å². The van der Waals surface area contributed by atoms with Crippen LogP contribution in [0.4, 0.5) is 0 Å². The molecule has 0 saturated heterocycles. The van der Waals surface area contributed by atoms with E-state index in [2.05, 4.69) is 18.2 Å². The van der Waals surface area contributed by atoms with Crippen LogP contribution in [0, 0.1) is 5.41 Å². The van der Waals surface area contributed by atoms with Crippen molar-refractivity contribution in [3.63, 3.8) is 0 Å². The first kappa shape index (κ1) is 25.5. The van der Waals surface area contributed by atoms with Crippen molar-refractivity contribution in [2.45, 2.75) is 89.9 Å². The van der Waals surface area contributed by atoms with Gasteiger partial charge in [0.25, 0.3) is 0 Å². The van der Waals surface area contributed by atoms with E-state index in [-0.39, 0.29) is 30.3 Å². The highest BCUT2D eigenvalue weighted by atomic mass is 32.2. The van der Waals surface area contributed by atoms with Gasteiger partial charge in [0.2, 0.25) is 0 Å². The zero-order valence-corrected chi connectivity index (χ0v) is 20.2.